The Labute approximate surface area is 164 Å². The SMILES string of the molecule is COc1ccc(-c2c([O-])n3c([n+](C)c2=O)N(C)CC3c2cnc(Cl)s2)cc1. The molecule has 0 radical (unpaired) electrons. The molecule has 1 aliphatic rings. The van der Waals surface area contributed by atoms with Crippen LogP contribution < -0.4 is 24.9 Å². The zero-order valence-corrected chi connectivity index (χ0v) is 16.5. The third kappa shape index (κ3) is 2.76. The second-order valence-electron chi connectivity index (χ2n) is 6.35. The van der Waals surface area contributed by atoms with Crippen molar-refractivity contribution in [1.82, 2.24) is 9.55 Å². The van der Waals surface area contributed by atoms with Crippen LogP contribution in [0.15, 0.2) is 35.3 Å². The summed E-state index contributed by atoms with van der Waals surface area (Å²) in [6, 6.07) is 6.67. The van der Waals surface area contributed by atoms with E-state index in [4.69, 9.17) is 16.3 Å². The van der Waals surface area contributed by atoms with Crippen molar-refractivity contribution >= 4 is 28.9 Å². The Bertz CT molecular complexity index is 1080. The van der Waals surface area contributed by atoms with Crippen LogP contribution in [-0.4, -0.2) is 30.3 Å². The van der Waals surface area contributed by atoms with Gasteiger partial charge in [0.1, 0.15) is 18.3 Å². The summed E-state index contributed by atoms with van der Waals surface area (Å²) in [5.74, 6) is 0.905. The van der Waals surface area contributed by atoms with Crippen LogP contribution in [0.25, 0.3) is 11.1 Å². The molecule has 0 N–H and O–H groups in total. The highest BCUT2D eigenvalue weighted by Crippen LogP contribution is 2.39. The second kappa shape index (κ2) is 6.54. The summed E-state index contributed by atoms with van der Waals surface area (Å²) in [6.07, 6.45) is 1.69. The van der Waals surface area contributed by atoms with Gasteiger partial charge in [-0.15, -0.1) is 11.3 Å². The first-order valence-corrected chi connectivity index (χ1v) is 9.44. The number of halogens is 1. The van der Waals surface area contributed by atoms with Gasteiger partial charge in [-0.05, 0) is 17.7 Å². The molecular formula is C18H17ClN4O3S. The molecule has 9 heteroatoms. The largest absolute Gasteiger partial charge is 0.848 e. The number of likely N-dealkylation sites (N-methyl/N-ethyl adjacent to an activating group) is 1. The fraction of sp³-hybridized carbons (Fsp3) is 0.278. The normalized spacial score (nSPS) is 15.9. The van der Waals surface area contributed by atoms with Crippen molar-refractivity contribution in [3.05, 3.63) is 50.2 Å². The van der Waals surface area contributed by atoms with Crippen molar-refractivity contribution in [3.8, 4) is 22.8 Å². The van der Waals surface area contributed by atoms with E-state index in [0.29, 0.717) is 28.3 Å². The van der Waals surface area contributed by atoms with Crippen molar-refractivity contribution in [2.45, 2.75) is 6.04 Å². The molecule has 0 amide bonds. The van der Waals surface area contributed by atoms with Crippen molar-refractivity contribution in [2.75, 3.05) is 25.6 Å². The van der Waals surface area contributed by atoms with E-state index in [1.807, 2.05) is 11.9 Å². The molecule has 1 aromatic carbocycles. The zero-order chi connectivity index (χ0) is 19.3. The lowest BCUT2D eigenvalue weighted by Gasteiger charge is -2.20. The summed E-state index contributed by atoms with van der Waals surface area (Å²) in [5, 5.41) is 13.4. The summed E-state index contributed by atoms with van der Waals surface area (Å²) in [5.41, 5.74) is 0.374. The molecule has 27 heavy (non-hydrogen) atoms. The van der Waals surface area contributed by atoms with Crippen LogP contribution in [0.5, 0.6) is 11.6 Å². The molecule has 2 aromatic heterocycles. The number of thiazole rings is 1. The third-order valence-electron chi connectivity index (χ3n) is 4.77. The molecule has 0 bridgehead atoms. The van der Waals surface area contributed by atoms with Gasteiger partial charge >= 0.3 is 11.5 Å². The minimum absolute atomic E-state index is 0.139. The van der Waals surface area contributed by atoms with E-state index < -0.39 is 0 Å². The van der Waals surface area contributed by atoms with E-state index in [2.05, 4.69) is 4.98 Å². The lowest BCUT2D eigenvalue weighted by molar-refractivity contribution is -0.676. The van der Waals surface area contributed by atoms with Crippen molar-refractivity contribution in [1.29, 1.82) is 0 Å². The quantitative estimate of drug-likeness (QED) is 0.619. The molecule has 4 rings (SSSR count). The Morgan fingerprint density at radius 3 is 2.67 bits per heavy atom. The van der Waals surface area contributed by atoms with Gasteiger partial charge in [-0.2, -0.15) is 4.57 Å². The zero-order valence-electron chi connectivity index (χ0n) is 15.0. The van der Waals surface area contributed by atoms with Gasteiger partial charge in [0, 0.05) is 12.1 Å². The van der Waals surface area contributed by atoms with E-state index in [-0.39, 0.29) is 23.0 Å². The number of rotatable bonds is 3. The molecule has 0 aliphatic carbocycles. The summed E-state index contributed by atoms with van der Waals surface area (Å²) in [4.78, 5) is 19.8. The molecule has 1 unspecified atom stereocenters. The summed E-state index contributed by atoms with van der Waals surface area (Å²) >= 11 is 7.33. The van der Waals surface area contributed by atoms with Gasteiger partial charge in [0.15, 0.2) is 4.47 Å². The number of methoxy groups -OCH3 is 1. The van der Waals surface area contributed by atoms with Crippen LogP contribution in [0.3, 0.4) is 0 Å². The number of hydrogen-bond donors (Lipinski definition) is 0. The topological polar surface area (TPSA) is 74.3 Å². The molecule has 1 aliphatic heterocycles. The number of aromatic nitrogens is 3. The highest BCUT2D eigenvalue weighted by Gasteiger charge is 2.39. The fourth-order valence-corrected chi connectivity index (χ4v) is 4.54. The molecule has 0 fully saturated rings. The minimum Gasteiger partial charge on any atom is -0.848 e. The van der Waals surface area contributed by atoms with Gasteiger partial charge < -0.3 is 9.84 Å². The van der Waals surface area contributed by atoms with Gasteiger partial charge in [-0.1, -0.05) is 23.7 Å². The van der Waals surface area contributed by atoms with Crippen molar-refractivity contribution in [2.24, 2.45) is 7.05 Å². The van der Waals surface area contributed by atoms with Gasteiger partial charge in [-0.25, -0.2) is 9.55 Å². The smallest absolute Gasteiger partial charge is 0.362 e. The monoisotopic (exact) mass is 404 g/mol. The first kappa shape index (κ1) is 17.8. The third-order valence-corrected chi connectivity index (χ3v) is 5.99. The molecule has 1 atom stereocenters. The summed E-state index contributed by atoms with van der Waals surface area (Å²) in [7, 11) is 5.11. The van der Waals surface area contributed by atoms with E-state index in [1.54, 1.807) is 49.2 Å². The standard InChI is InChI=1S/C18H17ClN4O3S/c1-21-9-12(13-8-20-17(19)27-13)23-16(25)14(15(24)22(2)18(21)23)10-4-6-11(26-3)7-5-10/h4-8,12H,9H2,1-3H3. The molecule has 0 saturated carbocycles. The van der Waals surface area contributed by atoms with Crippen LogP contribution in [0.4, 0.5) is 5.95 Å². The lowest BCUT2D eigenvalue weighted by atomic mass is 10.1. The van der Waals surface area contributed by atoms with Gasteiger partial charge in [0.05, 0.1) is 31.6 Å². The predicted molar refractivity (Wildman–Crippen MR) is 102 cm³/mol. The van der Waals surface area contributed by atoms with Crippen LogP contribution in [0, 0.1) is 0 Å². The van der Waals surface area contributed by atoms with E-state index in [9.17, 15) is 9.90 Å². The van der Waals surface area contributed by atoms with E-state index >= 15 is 0 Å². The summed E-state index contributed by atoms with van der Waals surface area (Å²) < 4.78 is 8.76. The van der Waals surface area contributed by atoms with E-state index in [1.165, 1.54) is 15.9 Å². The summed E-state index contributed by atoms with van der Waals surface area (Å²) in [6.45, 7) is 0.563. The predicted octanol–water partition coefficient (Wildman–Crippen LogP) is 1.57. The fourth-order valence-electron chi connectivity index (χ4n) is 3.51. The van der Waals surface area contributed by atoms with Crippen LogP contribution in [-0.2, 0) is 7.05 Å². The average molecular weight is 405 g/mol. The Morgan fingerprint density at radius 2 is 2.07 bits per heavy atom. The maximum Gasteiger partial charge on any atom is 0.362 e. The molecule has 7 nitrogen and oxygen atoms in total. The number of hydrogen-bond acceptors (Lipinski definition) is 6. The number of nitrogens with zero attached hydrogens (tertiary/aromatic N) is 4. The van der Waals surface area contributed by atoms with Gasteiger partial charge in [0.2, 0.25) is 0 Å². The van der Waals surface area contributed by atoms with Crippen LogP contribution in [0.1, 0.15) is 10.9 Å². The molecule has 0 saturated heterocycles. The number of ether oxygens (including phenoxy) is 1. The van der Waals surface area contributed by atoms with Crippen LogP contribution in [0.2, 0.25) is 4.47 Å². The maximum atomic E-state index is 13.4. The molecule has 3 aromatic rings. The highest BCUT2D eigenvalue weighted by molar-refractivity contribution is 7.15. The average Bonchev–Trinajstić information content (AvgIpc) is 3.24. The van der Waals surface area contributed by atoms with Crippen molar-refractivity contribution in [3.63, 3.8) is 0 Å². The van der Waals surface area contributed by atoms with Gasteiger partial charge in [-0.3, -0.25) is 9.69 Å². The Balaban J connectivity index is 1.95. The molecule has 140 valence electrons. The first-order valence-electron chi connectivity index (χ1n) is 8.24. The Morgan fingerprint density at radius 1 is 1.37 bits per heavy atom. The molecular weight excluding hydrogens is 388 g/mol. The number of benzene rings is 1. The highest BCUT2D eigenvalue weighted by atomic mass is 35.5. The minimum atomic E-state index is -0.328. The maximum absolute atomic E-state index is 13.4. The van der Waals surface area contributed by atoms with Crippen molar-refractivity contribution < 1.29 is 14.4 Å². The molecule has 3 heterocycles. The van der Waals surface area contributed by atoms with E-state index in [0.717, 1.165) is 4.88 Å². The lowest BCUT2D eigenvalue weighted by Crippen LogP contribution is -2.52. The van der Waals surface area contributed by atoms with Gasteiger partial charge in [0.25, 0.3) is 0 Å². The number of fused-ring (bicyclic) bond motifs is 1. The number of anilines is 1. The second-order valence-corrected chi connectivity index (χ2v) is 8.00. The van der Waals surface area contributed by atoms with Crippen LogP contribution >= 0.6 is 22.9 Å². The molecule has 0 spiro atoms. The Kier molecular flexibility index (Phi) is 4.32. The Hall–Kier alpha value is -2.58. The first-order chi connectivity index (χ1) is 12.9.